The van der Waals surface area contributed by atoms with Crippen molar-refractivity contribution in [3.8, 4) is 0 Å². The predicted molar refractivity (Wildman–Crippen MR) is 63.4 cm³/mol. The molecule has 2 nitrogen and oxygen atoms in total. The van der Waals surface area contributed by atoms with Crippen molar-refractivity contribution < 1.29 is 9.53 Å². The van der Waals surface area contributed by atoms with Crippen molar-refractivity contribution in [3.05, 3.63) is 40.8 Å². The third kappa shape index (κ3) is 2.82. The van der Waals surface area contributed by atoms with Crippen molar-refractivity contribution >= 4 is 34.5 Å². The summed E-state index contributed by atoms with van der Waals surface area (Å²) in [5.41, 5.74) is 1.40. The van der Waals surface area contributed by atoms with Gasteiger partial charge < -0.3 is 4.74 Å². The highest BCUT2D eigenvalue weighted by Crippen LogP contribution is 2.15. The van der Waals surface area contributed by atoms with Crippen LogP contribution in [0.15, 0.2) is 29.7 Å². The zero-order chi connectivity index (χ0) is 10.4. The van der Waals surface area contributed by atoms with Crippen LogP contribution in [0, 0.1) is 0 Å². The minimum absolute atomic E-state index is 0.325. The number of carbonyl (C=O) groups excluding carboxylic acids is 1. The minimum Gasteiger partial charge on any atom is -0.465 e. The summed E-state index contributed by atoms with van der Waals surface area (Å²) in [6, 6.07) is 7.26. The van der Waals surface area contributed by atoms with Gasteiger partial charge in [0.2, 0.25) is 0 Å². The molecule has 0 saturated carbocycles. The molecule has 1 rings (SSSR count). The summed E-state index contributed by atoms with van der Waals surface area (Å²) < 4.78 is 4.66. The molecule has 0 bridgehead atoms. The van der Waals surface area contributed by atoms with Crippen LogP contribution < -0.4 is 0 Å². The van der Waals surface area contributed by atoms with E-state index in [4.69, 9.17) is 0 Å². The Kier molecular flexibility index (Phi) is 4.62. The van der Waals surface area contributed by atoms with E-state index in [-0.39, 0.29) is 5.97 Å². The summed E-state index contributed by atoms with van der Waals surface area (Å²) in [5, 5.41) is 1.80. The zero-order valence-corrected chi connectivity index (χ0v) is 9.35. The van der Waals surface area contributed by atoms with E-state index in [9.17, 15) is 4.79 Å². The third-order valence-corrected chi connectivity index (χ3v) is 2.30. The Labute approximate surface area is 92.2 Å². The normalized spacial score (nSPS) is 10.4. The SMILES string of the molecule is COC(=O)c1ccccc1C=CSS. The fraction of sp³-hybridized carbons (Fsp3) is 0.100. The van der Waals surface area contributed by atoms with Crippen LogP contribution in [0.25, 0.3) is 6.08 Å². The Balaban J connectivity index is 3.03. The second-order valence-corrected chi connectivity index (χ2v) is 3.60. The van der Waals surface area contributed by atoms with Crippen molar-refractivity contribution in [1.82, 2.24) is 0 Å². The van der Waals surface area contributed by atoms with E-state index in [1.807, 2.05) is 18.2 Å². The van der Waals surface area contributed by atoms with Crippen LogP contribution in [0.4, 0.5) is 0 Å². The molecule has 0 spiro atoms. The van der Waals surface area contributed by atoms with Crippen LogP contribution in [0.3, 0.4) is 0 Å². The van der Waals surface area contributed by atoms with Crippen LogP contribution >= 0.6 is 22.5 Å². The van der Waals surface area contributed by atoms with E-state index >= 15 is 0 Å². The predicted octanol–water partition coefficient (Wildman–Crippen LogP) is 3.02. The Hall–Kier alpha value is -0.870. The maximum atomic E-state index is 11.3. The lowest BCUT2D eigenvalue weighted by Gasteiger charge is -2.02. The van der Waals surface area contributed by atoms with Crippen LogP contribution in [0.2, 0.25) is 0 Å². The quantitative estimate of drug-likeness (QED) is 0.487. The van der Waals surface area contributed by atoms with Gasteiger partial charge in [-0.1, -0.05) is 29.0 Å². The Morgan fingerprint density at radius 3 is 2.86 bits per heavy atom. The first kappa shape index (κ1) is 11.2. The summed E-state index contributed by atoms with van der Waals surface area (Å²) >= 11 is 3.97. The monoisotopic (exact) mass is 226 g/mol. The second-order valence-electron chi connectivity index (χ2n) is 2.49. The Bertz CT molecular complexity index is 348. The first-order valence-electron chi connectivity index (χ1n) is 3.93. The molecule has 4 heteroatoms. The number of hydrogen-bond donors (Lipinski definition) is 1. The molecule has 0 aliphatic carbocycles. The number of ether oxygens (including phenoxy) is 1. The van der Waals surface area contributed by atoms with Gasteiger partial charge in [0.05, 0.1) is 12.7 Å². The lowest BCUT2D eigenvalue weighted by atomic mass is 10.1. The molecule has 1 aromatic rings. The van der Waals surface area contributed by atoms with Crippen molar-refractivity contribution in [1.29, 1.82) is 0 Å². The van der Waals surface area contributed by atoms with Gasteiger partial charge in [0.15, 0.2) is 0 Å². The summed E-state index contributed by atoms with van der Waals surface area (Å²) in [7, 11) is 2.66. The van der Waals surface area contributed by atoms with Gasteiger partial charge in [0.25, 0.3) is 0 Å². The number of benzene rings is 1. The van der Waals surface area contributed by atoms with Gasteiger partial charge in [-0.05, 0) is 23.1 Å². The number of carbonyl (C=O) groups is 1. The zero-order valence-electron chi connectivity index (χ0n) is 7.64. The van der Waals surface area contributed by atoms with E-state index < -0.39 is 0 Å². The number of esters is 1. The molecule has 1 aromatic carbocycles. The molecule has 0 radical (unpaired) electrons. The van der Waals surface area contributed by atoms with E-state index in [0.29, 0.717) is 5.56 Å². The maximum absolute atomic E-state index is 11.3. The second kappa shape index (κ2) is 5.78. The molecule has 0 fully saturated rings. The summed E-state index contributed by atoms with van der Waals surface area (Å²) in [6.45, 7) is 0. The van der Waals surface area contributed by atoms with E-state index in [2.05, 4.69) is 16.4 Å². The standard InChI is InChI=1S/C10H10O2S2/c1-12-10(11)9-5-3-2-4-8(9)6-7-14-13/h2-7,13H,1H3. The van der Waals surface area contributed by atoms with Crippen LogP contribution in [-0.2, 0) is 4.74 Å². The highest BCUT2D eigenvalue weighted by Gasteiger charge is 2.07. The number of methoxy groups -OCH3 is 1. The first-order chi connectivity index (χ1) is 6.79. The maximum Gasteiger partial charge on any atom is 0.338 e. The van der Waals surface area contributed by atoms with E-state index in [0.717, 1.165) is 5.56 Å². The van der Waals surface area contributed by atoms with Crippen LogP contribution in [0.5, 0.6) is 0 Å². The molecule has 0 heterocycles. The average Bonchev–Trinajstić information content (AvgIpc) is 2.25. The third-order valence-electron chi connectivity index (χ3n) is 1.67. The van der Waals surface area contributed by atoms with Gasteiger partial charge >= 0.3 is 5.97 Å². The molecular weight excluding hydrogens is 216 g/mol. The molecule has 0 unspecified atom stereocenters. The summed E-state index contributed by atoms with van der Waals surface area (Å²) in [4.78, 5) is 11.3. The molecule has 0 N–H and O–H groups in total. The fourth-order valence-corrected chi connectivity index (χ4v) is 1.43. The Morgan fingerprint density at radius 1 is 1.50 bits per heavy atom. The number of rotatable bonds is 3. The van der Waals surface area contributed by atoms with Crippen molar-refractivity contribution in [3.63, 3.8) is 0 Å². The molecule has 0 saturated heterocycles. The molecule has 0 amide bonds. The lowest BCUT2D eigenvalue weighted by Crippen LogP contribution is -2.02. The highest BCUT2D eigenvalue weighted by atomic mass is 33.1. The minimum atomic E-state index is -0.325. The smallest absolute Gasteiger partial charge is 0.338 e. The van der Waals surface area contributed by atoms with Gasteiger partial charge in [-0.3, -0.25) is 0 Å². The van der Waals surface area contributed by atoms with Gasteiger partial charge in [0.1, 0.15) is 0 Å². The number of hydrogen-bond acceptors (Lipinski definition) is 4. The van der Waals surface area contributed by atoms with Gasteiger partial charge in [-0.2, -0.15) is 0 Å². The van der Waals surface area contributed by atoms with Crippen molar-refractivity contribution in [2.24, 2.45) is 0 Å². The van der Waals surface area contributed by atoms with Gasteiger partial charge in [-0.15, -0.1) is 11.7 Å². The van der Waals surface area contributed by atoms with E-state index in [1.165, 1.54) is 17.9 Å². The highest BCUT2D eigenvalue weighted by molar-refractivity contribution is 8.69. The summed E-state index contributed by atoms with van der Waals surface area (Å²) in [5.74, 6) is -0.325. The average molecular weight is 226 g/mol. The molecular formula is C10H10O2S2. The molecule has 74 valence electrons. The Morgan fingerprint density at radius 2 is 2.21 bits per heavy atom. The topological polar surface area (TPSA) is 26.3 Å². The molecule has 0 aliphatic rings. The van der Waals surface area contributed by atoms with Gasteiger partial charge in [0, 0.05) is 0 Å². The molecule has 0 aliphatic heterocycles. The van der Waals surface area contributed by atoms with Crippen molar-refractivity contribution in [2.75, 3.05) is 7.11 Å². The van der Waals surface area contributed by atoms with Gasteiger partial charge in [-0.25, -0.2) is 4.79 Å². The lowest BCUT2D eigenvalue weighted by molar-refractivity contribution is 0.0600. The van der Waals surface area contributed by atoms with E-state index in [1.54, 1.807) is 17.5 Å². The fourth-order valence-electron chi connectivity index (χ4n) is 1.04. The summed E-state index contributed by atoms with van der Waals surface area (Å²) in [6.07, 6.45) is 1.82. The first-order valence-corrected chi connectivity index (χ1v) is 5.87. The van der Waals surface area contributed by atoms with Crippen LogP contribution in [0.1, 0.15) is 15.9 Å². The molecule has 0 aromatic heterocycles. The molecule has 14 heavy (non-hydrogen) atoms. The number of thiol groups is 1. The van der Waals surface area contributed by atoms with Crippen molar-refractivity contribution in [2.45, 2.75) is 0 Å². The van der Waals surface area contributed by atoms with Crippen LogP contribution in [-0.4, -0.2) is 13.1 Å². The largest absolute Gasteiger partial charge is 0.465 e. The molecule has 0 atom stereocenters.